The fourth-order valence-corrected chi connectivity index (χ4v) is 4.28. The third kappa shape index (κ3) is 4.30. The van der Waals surface area contributed by atoms with Crippen molar-refractivity contribution < 1.29 is 9.59 Å². The summed E-state index contributed by atoms with van der Waals surface area (Å²) >= 11 is 1.05. The lowest BCUT2D eigenvalue weighted by Gasteiger charge is -2.29. The van der Waals surface area contributed by atoms with Crippen LogP contribution in [0.5, 0.6) is 0 Å². The van der Waals surface area contributed by atoms with Crippen LogP contribution in [0.2, 0.25) is 0 Å². The van der Waals surface area contributed by atoms with Crippen LogP contribution in [0, 0.1) is 0 Å². The Kier molecular flexibility index (Phi) is 6.38. The molecule has 3 rings (SSSR count). The van der Waals surface area contributed by atoms with Gasteiger partial charge in [-0.25, -0.2) is 0 Å². The van der Waals surface area contributed by atoms with Crippen LogP contribution in [-0.2, 0) is 4.79 Å². The van der Waals surface area contributed by atoms with Gasteiger partial charge in [0, 0.05) is 18.8 Å². The van der Waals surface area contributed by atoms with Crippen molar-refractivity contribution >= 4 is 34.7 Å². The molecule has 2 saturated heterocycles. The molecule has 2 amide bonds. The predicted molar refractivity (Wildman–Crippen MR) is 108 cm³/mol. The standard InChI is InChI=1S/C20H27N3O2S/c1-3-22(4-2)17-10-8-16(9-11-17)14-18-19(24)23(20(25)26-18)15-21-12-6-5-7-13-21/h8-11,14H,3-7,12-13,15H2,1-2H3/b18-14+. The maximum Gasteiger partial charge on any atom is 0.294 e. The summed E-state index contributed by atoms with van der Waals surface area (Å²) < 4.78 is 0. The number of hydrogen-bond acceptors (Lipinski definition) is 5. The number of rotatable bonds is 6. The number of likely N-dealkylation sites (tertiary alicyclic amines) is 1. The lowest BCUT2D eigenvalue weighted by molar-refractivity contribution is -0.124. The Morgan fingerprint density at radius 3 is 2.31 bits per heavy atom. The van der Waals surface area contributed by atoms with E-state index in [1.54, 1.807) is 0 Å². The average molecular weight is 374 g/mol. The highest BCUT2D eigenvalue weighted by Crippen LogP contribution is 2.32. The first kappa shape index (κ1) is 19.0. The predicted octanol–water partition coefficient (Wildman–Crippen LogP) is 4.01. The Balaban J connectivity index is 1.69. The first-order chi connectivity index (χ1) is 12.6. The van der Waals surface area contributed by atoms with E-state index < -0.39 is 0 Å². The number of anilines is 1. The third-order valence-electron chi connectivity index (χ3n) is 4.98. The second-order valence-corrected chi connectivity index (χ2v) is 7.69. The van der Waals surface area contributed by atoms with Gasteiger partial charge in [-0.05, 0) is 75.3 Å². The number of carbonyl (C=O) groups is 2. The minimum atomic E-state index is -0.168. The van der Waals surface area contributed by atoms with E-state index in [9.17, 15) is 9.59 Å². The number of benzene rings is 1. The van der Waals surface area contributed by atoms with Gasteiger partial charge in [-0.1, -0.05) is 18.6 Å². The minimum absolute atomic E-state index is 0.161. The monoisotopic (exact) mass is 373 g/mol. The molecule has 5 nitrogen and oxygen atoms in total. The molecular formula is C20H27N3O2S. The fourth-order valence-electron chi connectivity index (χ4n) is 3.44. The van der Waals surface area contributed by atoms with E-state index >= 15 is 0 Å². The molecule has 0 bridgehead atoms. The molecule has 2 aliphatic rings. The molecule has 140 valence electrons. The van der Waals surface area contributed by atoms with Crippen molar-refractivity contribution in [2.75, 3.05) is 37.7 Å². The minimum Gasteiger partial charge on any atom is -0.372 e. The lowest BCUT2D eigenvalue weighted by atomic mass is 10.1. The van der Waals surface area contributed by atoms with Gasteiger partial charge in [-0.3, -0.25) is 19.4 Å². The van der Waals surface area contributed by atoms with E-state index in [2.05, 4.69) is 35.8 Å². The van der Waals surface area contributed by atoms with Crippen molar-refractivity contribution in [3.05, 3.63) is 34.7 Å². The molecule has 0 radical (unpaired) electrons. The number of nitrogens with zero attached hydrogens (tertiary/aromatic N) is 3. The number of thioether (sulfide) groups is 1. The molecule has 6 heteroatoms. The van der Waals surface area contributed by atoms with Crippen LogP contribution in [0.3, 0.4) is 0 Å². The van der Waals surface area contributed by atoms with Gasteiger partial charge < -0.3 is 4.90 Å². The summed E-state index contributed by atoms with van der Waals surface area (Å²) in [5.74, 6) is -0.168. The summed E-state index contributed by atoms with van der Waals surface area (Å²) in [6.07, 6.45) is 5.35. The quantitative estimate of drug-likeness (QED) is 0.705. The largest absolute Gasteiger partial charge is 0.372 e. The van der Waals surface area contributed by atoms with Crippen LogP contribution >= 0.6 is 11.8 Å². The molecular weight excluding hydrogens is 346 g/mol. The van der Waals surface area contributed by atoms with Crippen LogP contribution in [0.15, 0.2) is 29.2 Å². The lowest BCUT2D eigenvalue weighted by Crippen LogP contribution is -2.42. The molecule has 0 saturated carbocycles. The van der Waals surface area contributed by atoms with Gasteiger partial charge in [0.25, 0.3) is 11.1 Å². The Morgan fingerprint density at radius 1 is 1.04 bits per heavy atom. The fraction of sp³-hybridized carbons (Fsp3) is 0.500. The molecule has 0 aliphatic carbocycles. The molecule has 0 N–H and O–H groups in total. The molecule has 0 aromatic heterocycles. The maximum absolute atomic E-state index is 12.6. The zero-order valence-corrected chi connectivity index (χ0v) is 16.4. The molecule has 1 aromatic rings. The summed E-state index contributed by atoms with van der Waals surface area (Å²) in [4.78, 5) is 31.3. The van der Waals surface area contributed by atoms with Gasteiger partial charge in [-0.2, -0.15) is 0 Å². The van der Waals surface area contributed by atoms with Gasteiger partial charge in [-0.15, -0.1) is 0 Å². The summed E-state index contributed by atoms with van der Waals surface area (Å²) in [7, 11) is 0. The second-order valence-electron chi connectivity index (χ2n) is 6.69. The molecule has 1 aromatic carbocycles. The number of hydrogen-bond donors (Lipinski definition) is 0. The number of amides is 2. The molecule has 2 aliphatic heterocycles. The molecule has 2 fully saturated rings. The van der Waals surface area contributed by atoms with Crippen molar-refractivity contribution in [2.24, 2.45) is 0 Å². The Bertz CT molecular complexity index is 677. The van der Waals surface area contributed by atoms with Crippen molar-refractivity contribution in [1.82, 2.24) is 9.80 Å². The topological polar surface area (TPSA) is 43.9 Å². The second kappa shape index (κ2) is 8.73. The summed E-state index contributed by atoms with van der Waals surface area (Å²) in [5.41, 5.74) is 2.12. The van der Waals surface area contributed by atoms with E-state index in [1.165, 1.54) is 17.0 Å². The van der Waals surface area contributed by atoms with Gasteiger partial charge in [0.1, 0.15) is 0 Å². The zero-order valence-electron chi connectivity index (χ0n) is 15.6. The first-order valence-electron chi connectivity index (χ1n) is 9.45. The number of carbonyl (C=O) groups excluding carboxylic acids is 2. The zero-order chi connectivity index (χ0) is 18.5. The number of piperidine rings is 1. The van der Waals surface area contributed by atoms with E-state index in [0.717, 1.165) is 56.3 Å². The Labute approximate surface area is 160 Å². The highest BCUT2D eigenvalue weighted by Gasteiger charge is 2.36. The first-order valence-corrected chi connectivity index (χ1v) is 10.3. The highest BCUT2D eigenvalue weighted by molar-refractivity contribution is 8.18. The summed E-state index contributed by atoms with van der Waals surface area (Å²) in [6, 6.07) is 8.14. The van der Waals surface area contributed by atoms with Gasteiger partial charge in [0.2, 0.25) is 0 Å². The van der Waals surface area contributed by atoms with Crippen LogP contribution < -0.4 is 4.90 Å². The molecule has 0 unspecified atom stereocenters. The van der Waals surface area contributed by atoms with Gasteiger partial charge >= 0.3 is 0 Å². The van der Waals surface area contributed by atoms with Crippen molar-refractivity contribution in [2.45, 2.75) is 33.1 Å². The highest BCUT2D eigenvalue weighted by atomic mass is 32.2. The Hall–Kier alpha value is -1.79. The summed E-state index contributed by atoms with van der Waals surface area (Å²) in [5, 5.41) is -0.161. The van der Waals surface area contributed by atoms with Gasteiger partial charge in [0.05, 0.1) is 11.6 Å². The van der Waals surface area contributed by atoms with E-state index in [-0.39, 0.29) is 11.1 Å². The van der Waals surface area contributed by atoms with E-state index in [1.807, 2.05) is 18.2 Å². The third-order valence-corrected chi connectivity index (χ3v) is 5.89. The Morgan fingerprint density at radius 2 is 1.69 bits per heavy atom. The SMILES string of the molecule is CCN(CC)c1ccc(/C=C2/SC(=O)N(CN3CCCCC3)C2=O)cc1. The summed E-state index contributed by atoms with van der Waals surface area (Å²) in [6.45, 7) is 8.55. The van der Waals surface area contributed by atoms with E-state index in [4.69, 9.17) is 0 Å². The van der Waals surface area contributed by atoms with Crippen molar-refractivity contribution in [3.63, 3.8) is 0 Å². The number of imide groups is 1. The van der Waals surface area contributed by atoms with Crippen LogP contribution in [-0.4, -0.2) is 53.8 Å². The molecule has 0 spiro atoms. The van der Waals surface area contributed by atoms with Crippen LogP contribution in [0.1, 0.15) is 38.7 Å². The maximum atomic E-state index is 12.6. The van der Waals surface area contributed by atoms with E-state index in [0.29, 0.717) is 11.6 Å². The van der Waals surface area contributed by atoms with Crippen LogP contribution in [0.25, 0.3) is 6.08 Å². The van der Waals surface area contributed by atoms with Crippen molar-refractivity contribution in [1.29, 1.82) is 0 Å². The van der Waals surface area contributed by atoms with Crippen LogP contribution in [0.4, 0.5) is 10.5 Å². The molecule has 0 atom stereocenters. The smallest absolute Gasteiger partial charge is 0.294 e. The molecule has 2 heterocycles. The average Bonchev–Trinajstić information content (AvgIpc) is 2.92. The van der Waals surface area contributed by atoms with Crippen molar-refractivity contribution in [3.8, 4) is 0 Å². The normalized spacial score (nSPS) is 20.2. The van der Waals surface area contributed by atoms with Gasteiger partial charge in [0.15, 0.2) is 0 Å². The molecule has 26 heavy (non-hydrogen) atoms.